The fourth-order valence-corrected chi connectivity index (χ4v) is 11.1. The lowest BCUT2D eigenvalue weighted by molar-refractivity contribution is 1.14. The maximum absolute atomic E-state index is 5.02. The average Bonchev–Trinajstić information content (AvgIpc) is 3.84. The molecule has 0 radical (unpaired) electrons. The van der Waals surface area contributed by atoms with Crippen LogP contribution in [0.15, 0.2) is 206 Å². The molecule has 0 bridgehead atoms. The van der Waals surface area contributed by atoms with Crippen molar-refractivity contribution >= 4 is 75.8 Å². The van der Waals surface area contributed by atoms with Gasteiger partial charge in [0.2, 0.25) is 0 Å². The van der Waals surface area contributed by atoms with Gasteiger partial charge in [-0.25, -0.2) is 4.98 Å². The lowest BCUT2D eigenvalue weighted by Crippen LogP contribution is -1.95. The summed E-state index contributed by atoms with van der Waals surface area (Å²) in [7, 11) is 0. The van der Waals surface area contributed by atoms with E-state index in [1.165, 1.54) is 126 Å². The van der Waals surface area contributed by atoms with Gasteiger partial charge in [-0.15, -0.1) is 0 Å². The van der Waals surface area contributed by atoms with Gasteiger partial charge in [-0.3, -0.25) is 4.57 Å². The molecular formula is C59H34N2. The second-order valence-corrected chi connectivity index (χ2v) is 16.6. The third-order valence-electron chi connectivity index (χ3n) is 13.5. The monoisotopic (exact) mass is 770 g/mol. The van der Waals surface area contributed by atoms with Crippen LogP contribution >= 0.6 is 0 Å². The van der Waals surface area contributed by atoms with Gasteiger partial charge in [-0.1, -0.05) is 170 Å². The average molecular weight is 771 g/mol. The summed E-state index contributed by atoms with van der Waals surface area (Å²) in [5.41, 5.74) is 16.0. The van der Waals surface area contributed by atoms with Crippen molar-refractivity contribution in [2.24, 2.45) is 0 Å². The van der Waals surface area contributed by atoms with Crippen molar-refractivity contribution in [2.75, 3.05) is 0 Å². The van der Waals surface area contributed by atoms with Crippen molar-refractivity contribution in [1.29, 1.82) is 0 Å². The molecule has 11 aromatic carbocycles. The van der Waals surface area contributed by atoms with E-state index in [1.54, 1.807) is 0 Å². The summed E-state index contributed by atoms with van der Waals surface area (Å²) in [4.78, 5) is 5.02. The van der Waals surface area contributed by atoms with Crippen LogP contribution in [0, 0.1) is 0 Å². The van der Waals surface area contributed by atoms with Gasteiger partial charge in [0, 0.05) is 22.7 Å². The van der Waals surface area contributed by atoms with E-state index in [1.807, 2.05) is 6.20 Å². The van der Waals surface area contributed by atoms with E-state index in [0.29, 0.717) is 0 Å². The zero-order valence-electron chi connectivity index (χ0n) is 33.0. The predicted octanol–water partition coefficient (Wildman–Crippen LogP) is 16.0. The maximum atomic E-state index is 5.02. The van der Waals surface area contributed by atoms with Crippen LogP contribution in [0.4, 0.5) is 0 Å². The number of hydrogen-bond donors (Lipinski definition) is 0. The van der Waals surface area contributed by atoms with Gasteiger partial charge in [0.05, 0.1) is 5.52 Å². The first-order valence-electron chi connectivity index (χ1n) is 21.1. The highest BCUT2D eigenvalue weighted by Gasteiger charge is 2.31. The second-order valence-electron chi connectivity index (χ2n) is 16.6. The van der Waals surface area contributed by atoms with E-state index in [9.17, 15) is 0 Å². The Morgan fingerprint density at radius 3 is 1.62 bits per heavy atom. The Hall–Kier alpha value is -8.07. The van der Waals surface area contributed by atoms with Gasteiger partial charge in [0.1, 0.15) is 5.65 Å². The summed E-state index contributed by atoms with van der Waals surface area (Å²) < 4.78 is 2.36. The molecule has 0 spiro atoms. The number of aromatic nitrogens is 2. The van der Waals surface area contributed by atoms with Gasteiger partial charge in [-0.05, 0) is 140 Å². The van der Waals surface area contributed by atoms with Crippen molar-refractivity contribution in [3.63, 3.8) is 0 Å². The Kier molecular flexibility index (Phi) is 6.59. The van der Waals surface area contributed by atoms with Crippen molar-refractivity contribution in [1.82, 2.24) is 9.55 Å². The van der Waals surface area contributed by atoms with E-state index in [4.69, 9.17) is 4.98 Å². The molecule has 0 saturated carbocycles. The van der Waals surface area contributed by atoms with Crippen LogP contribution in [0.25, 0.3) is 137 Å². The Bertz CT molecular complexity index is 3840. The lowest BCUT2D eigenvalue weighted by Gasteiger charge is -2.20. The van der Waals surface area contributed by atoms with Gasteiger partial charge >= 0.3 is 0 Å². The van der Waals surface area contributed by atoms with Crippen LogP contribution in [0.1, 0.15) is 0 Å². The minimum absolute atomic E-state index is 0.972. The fourth-order valence-electron chi connectivity index (χ4n) is 11.1. The van der Waals surface area contributed by atoms with E-state index in [-0.39, 0.29) is 0 Å². The normalized spacial score (nSPS) is 12.3. The highest BCUT2D eigenvalue weighted by atomic mass is 15.0. The Morgan fingerprint density at radius 2 is 0.902 bits per heavy atom. The highest BCUT2D eigenvalue weighted by molar-refractivity contribution is 6.33. The summed E-state index contributed by atoms with van der Waals surface area (Å²) in [5, 5.41) is 15.3. The molecule has 13 aromatic rings. The molecule has 14 rings (SSSR count). The zero-order valence-corrected chi connectivity index (χ0v) is 33.0. The molecule has 2 aromatic heterocycles. The summed E-state index contributed by atoms with van der Waals surface area (Å²) >= 11 is 0. The molecule has 0 amide bonds. The van der Waals surface area contributed by atoms with Crippen LogP contribution in [-0.4, -0.2) is 9.55 Å². The number of rotatable bonds is 4. The fraction of sp³-hybridized carbons (Fsp3) is 0. The molecule has 0 saturated heterocycles. The third-order valence-corrected chi connectivity index (χ3v) is 13.5. The minimum Gasteiger partial charge on any atom is -0.294 e. The SMILES string of the molecule is c1ccc(-c2c3c(c(-c4ccccc4)c4ccccc24)-c2ccc(-c4ccc(-n5c6cc7ccc8cccc9ccc(c7c89)c6c6cccnc65)cc4)c4cccc-3c24)cc1. The molecule has 0 fully saturated rings. The number of pyridine rings is 1. The standard InChI is InChI=1S/C59H34N2/c1-3-12-36(13-4-1)52-44-18-7-8-19-45(44)53(37-14-5-2-6-15-37)58-48-32-31-42(43-20-10-21-46(55(43)48)57(52)58)35-25-28-41(29-26-35)61-50-34-40-24-23-38-16-9-17-39-27-30-47(54(40)51(38)39)56(50)49-22-11-33-60-59(49)61/h1-34H. The molecule has 1 aliphatic carbocycles. The molecule has 280 valence electrons. The number of hydrogen-bond acceptors (Lipinski definition) is 1. The summed E-state index contributed by atoms with van der Waals surface area (Å²) in [6, 6.07) is 74.1. The van der Waals surface area contributed by atoms with Crippen molar-refractivity contribution in [2.45, 2.75) is 0 Å². The van der Waals surface area contributed by atoms with Crippen LogP contribution in [0.3, 0.4) is 0 Å². The smallest absolute Gasteiger partial charge is 0.145 e. The van der Waals surface area contributed by atoms with E-state index >= 15 is 0 Å². The molecule has 0 atom stereocenters. The van der Waals surface area contributed by atoms with Crippen LogP contribution in [0.5, 0.6) is 0 Å². The Balaban J connectivity index is 0.981. The van der Waals surface area contributed by atoms with Gasteiger partial charge < -0.3 is 0 Å². The van der Waals surface area contributed by atoms with Crippen LogP contribution < -0.4 is 0 Å². The van der Waals surface area contributed by atoms with Gasteiger partial charge in [0.25, 0.3) is 0 Å². The Labute approximate surface area is 351 Å². The van der Waals surface area contributed by atoms with Crippen molar-refractivity contribution in [3.05, 3.63) is 206 Å². The van der Waals surface area contributed by atoms with E-state index < -0.39 is 0 Å². The molecular weight excluding hydrogens is 737 g/mol. The first-order chi connectivity index (χ1) is 30.3. The highest BCUT2D eigenvalue weighted by Crippen LogP contribution is 2.58. The minimum atomic E-state index is 0.972. The zero-order chi connectivity index (χ0) is 39.8. The number of benzene rings is 11. The molecule has 61 heavy (non-hydrogen) atoms. The molecule has 1 aliphatic rings. The first-order valence-corrected chi connectivity index (χ1v) is 21.1. The van der Waals surface area contributed by atoms with E-state index in [2.05, 4.69) is 205 Å². The molecule has 2 nitrogen and oxygen atoms in total. The quantitative estimate of drug-likeness (QED) is 0.163. The first kappa shape index (κ1) is 32.8. The molecule has 2 heteroatoms. The second kappa shape index (κ2) is 12.2. The van der Waals surface area contributed by atoms with Crippen molar-refractivity contribution < 1.29 is 0 Å². The van der Waals surface area contributed by atoms with Crippen LogP contribution in [0.2, 0.25) is 0 Å². The predicted molar refractivity (Wildman–Crippen MR) is 258 cm³/mol. The summed E-state index contributed by atoms with van der Waals surface area (Å²) in [6.45, 7) is 0. The molecule has 0 unspecified atom stereocenters. The molecule has 2 heterocycles. The van der Waals surface area contributed by atoms with Gasteiger partial charge in [0.15, 0.2) is 0 Å². The number of fused-ring (bicyclic) bond motifs is 8. The third kappa shape index (κ3) is 4.43. The Morgan fingerprint density at radius 1 is 0.311 bits per heavy atom. The largest absolute Gasteiger partial charge is 0.294 e. The van der Waals surface area contributed by atoms with Crippen LogP contribution in [-0.2, 0) is 0 Å². The molecule has 0 N–H and O–H groups in total. The number of nitrogens with zero attached hydrogens (tertiary/aromatic N) is 2. The van der Waals surface area contributed by atoms with Crippen molar-refractivity contribution in [3.8, 4) is 61.3 Å². The summed E-state index contributed by atoms with van der Waals surface area (Å²) in [6.07, 6.45) is 1.92. The lowest BCUT2D eigenvalue weighted by atomic mass is 9.82. The summed E-state index contributed by atoms with van der Waals surface area (Å²) in [5.74, 6) is 0. The topological polar surface area (TPSA) is 17.8 Å². The molecule has 0 aliphatic heterocycles. The van der Waals surface area contributed by atoms with Gasteiger partial charge in [-0.2, -0.15) is 0 Å². The van der Waals surface area contributed by atoms with E-state index in [0.717, 1.165) is 11.3 Å². The maximum Gasteiger partial charge on any atom is 0.145 e.